The Morgan fingerprint density at radius 2 is 2.05 bits per heavy atom. The number of anilines is 1. The van der Waals surface area contributed by atoms with Gasteiger partial charge in [0, 0.05) is 10.6 Å². The highest BCUT2D eigenvalue weighted by molar-refractivity contribution is 7.91. The number of halogens is 1. The largest absolute Gasteiger partial charge is 0.298 e. The number of aromatic nitrogens is 1. The predicted octanol–water partition coefficient (Wildman–Crippen LogP) is 2.31. The van der Waals surface area contributed by atoms with Gasteiger partial charge in [0.05, 0.1) is 5.69 Å². The highest BCUT2D eigenvalue weighted by atomic mass is 35.5. The summed E-state index contributed by atoms with van der Waals surface area (Å²) in [6, 6.07) is 4.96. The Kier molecular flexibility index (Phi) is 4.33. The zero-order valence-corrected chi connectivity index (χ0v) is 13.6. The number of hydrogen-bond donors (Lipinski definition) is 2. The first-order chi connectivity index (χ1) is 9.70. The second kappa shape index (κ2) is 5.72. The minimum Gasteiger partial charge on any atom is -0.298 e. The van der Waals surface area contributed by atoms with Crippen LogP contribution in [-0.4, -0.2) is 19.3 Å². The van der Waals surface area contributed by atoms with E-state index in [0.29, 0.717) is 16.1 Å². The number of nitrogens with one attached hydrogen (secondary N) is 1. The highest BCUT2D eigenvalue weighted by Gasteiger charge is 2.19. The topological polar surface area (TPSA) is 102 Å². The van der Waals surface area contributed by atoms with Crippen LogP contribution in [0.1, 0.15) is 21.6 Å². The van der Waals surface area contributed by atoms with Gasteiger partial charge in [-0.15, -0.1) is 0 Å². The molecular formula is C12H12ClN3O3S2. The summed E-state index contributed by atoms with van der Waals surface area (Å²) in [4.78, 5) is 16.2. The third-order valence-corrected chi connectivity index (χ3v) is 5.78. The summed E-state index contributed by atoms with van der Waals surface area (Å²) in [6.07, 6.45) is 0. The molecule has 0 spiro atoms. The molecule has 0 aliphatic carbocycles. The van der Waals surface area contributed by atoms with Gasteiger partial charge in [0.25, 0.3) is 5.91 Å². The molecule has 2 aromatic rings. The van der Waals surface area contributed by atoms with Crippen LogP contribution < -0.4 is 10.5 Å². The molecule has 6 nitrogen and oxygen atoms in total. The van der Waals surface area contributed by atoms with Gasteiger partial charge in [-0.1, -0.05) is 29.0 Å². The van der Waals surface area contributed by atoms with Gasteiger partial charge in [0.2, 0.25) is 10.0 Å². The lowest BCUT2D eigenvalue weighted by Gasteiger charge is -2.06. The minimum atomic E-state index is -3.84. The third kappa shape index (κ3) is 3.41. The van der Waals surface area contributed by atoms with Crippen molar-refractivity contribution in [2.24, 2.45) is 5.14 Å². The van der Waals surface area contributed by atoms with Gasteiger partial charge in [0.1, 0.15) is 0 Å². The Bertz CT molecular complexity index is 815. The van der Waals surface area contributed by atoms with Crippen LogP contribution >= 0.6 is 22.9 Å². The van der Waals surface area contributed by atoms with Gasteiger partial charge in [0.15, 0.2) is 9.34 Å². The summed E-state index contributed by atoms with van der Waals surface area (Å²) in [5, 5.41) is 8.26. The van der Waals surface area contributed by atoms with Crippen molar-refractivity contribution in [1.29, 1.82) is 0 Å². The van der Waals surface area contributed by atoms with Crippen LogP contribution in [0.3, 0.4) is 0 Å². The molecule has 1 heterocycles. The minimum absolute atomic E-state index is 0.0689. The van der Waals surface area contributed by atoms with Crippen molar-refractivity contribution in [2.45, 2.75) is 18.1 Å². The number of nitrogens with two attached hydrogens (primary N) is 1. The summed E-state index contributed by atoms with van der Waals surface area (Å²) < 4.78 is 22.6. The molecule has 0 saturated carbocycles. The molecule has 1 aromatic carbocycles. The van der Waals surface area contributed by atoms with Gasteiger partial charge < -0.3 is 0 Å². The van der Waals surface area contributed by atoms with Crippen molar-refractivity contribution in [1.82, 2.24) is 4.98 Å². The van der Waals surface area contributed by atoms with Crippen molar-refractivity contribution in [2.75, 3.05) is 5.32 Å². The van der Waals surface area contributed by atoms with E-state index in [9.17, 15) is 13.2 Å². The number of primary sulfonamides is 1. The number of aryl methyl sites for hydroxylation is 1. The molecule has 9 heteroatoms. The van der Waals surface area contributed by atoms with Gasteiger partial charge in [-0.05, 0) is 31.5 Å². The Hall–Kier alpha value is -1.48. The second-order valence-corrected chi connectivity index (χ2v) is 7.47. The number of rotatable bonds is 3. The summed E-state index contributed by atoms with van der Waals surface area (Å²) >= 11 is 6.77. The quantitative estimate of drug-likeness (QED) is 0.890. The van der Waals surface area contributed by atoms with E-state index in [1.807, 2.05) is 0 Å². The van der Waals surface area contributed by atoms with Crippen molar-refractivity contribution in [3.05, 3.63) is 40.0 Å². The van der Waals surface area contributed by atoms with Gasteiger partial charge >= 0.3 is 0 Å². The summed E-state index contributed by atoms with van der Waals surface area (Å²) in [7, 11) is -3.84. The normalized spacial score (nSPS) is 11.4. The van der Waals surface area contributed by atoms with E-state index < -0.39 is 15.9 Å². The number of hydrogen-bond acceptors (Lipinski definition) is 5. The first-order valence-corrected chi connectivity index (χ1v) is 8.51. The highest BCUT2D eigenvalue weighted by Crippen LogP contribution is 2.27. The molecule has 0 radical (unpaired) electrons. The zero-order valence-electron chi connectivity index (χ0n) is 11.2. The van der Waals surface area contributed by atoms with Crippen LogP contribution in [0, 0.1) is 13.8 Å². The fourth-order valence-corrected chi connectivity index (χ4v) is 3.75. The molecule has 0 bridgehead atoms. The molecule has 112 valence electrons. The average Bonchev–Trinajstić information content (AvgIpc) is 2.73. The molecular weight excluding hydrogens is 334 g/mol. The lowest BCUT2D eigenvalue weighted by molar-refractivity contribution is 0.102. The number of benzene rings is 1. The smallest absolute Gasteiger partial charge is 0.257 e. The Morgan fingerprint density at radius 1 is 1.38 bits per heavy atom. The molecule has 1 aromatic heterocycles. The molecule has 0 aliphatic rings. The maximum absolute atomic E-state index is 12.2. The van der Waals surface area contributed by atoms with Crippen molar-refractivity contribution in [3.63, 3.8) is 0 Å². The van der Waals surface area contributed by atoms with Gasteiger partial charge in [-0.25, -0.2) is 18.5 Å². The van der Waals surface area contributed by atoms with Crippen LogP contribution in [-0.2, 0) is 10.0 Å². The molecule has 1 amide bonds. The molecule has 0 atom stereocenters. The second-order valence-electron chi connectivity index (χ2n) is 4.30. The Morgan fingerprint density at radius 3 is 2.62 bits per heavy atom. The summed E-state index contributed by atoms with van der Waals surface area (Å²) in [5.74, 6) is -0.412. The summed E-state index contributed by atoms with van der Waals surface area (Å²) in [5.41, 5.74) is 1.28. The molecule has 0 unspecified atom stereocenters. The third-order valence-electron chi connectivity index (χ3n) is 2.75. The van der Waals surface area contributed by atoms with Gasteiger partial charge in [-0.2, -0.15) is 0 Å². The van der Waals surface area contributed by atoms with Crippen LogP contribution in [0.15, 0.2) is 22.4 Å². The van der Waals surface area contributed by atoms with E-state index in [2.05, 4.69) is 10.3 Å². The summed E-state index contributed by atoms with van der Waals surface area (Å²) in [6.45, 7) is 3.23. The monoisotopic (exact) mass is 345 g/mol. The number of carbonyl (C=O) groups excluding carboxylic acids is 1. The van der Waals surface area contributed by atoms with Gasteiger partial charge in [-0.3, -0.25) is 10.1 Å². The number of sulfonamides is 1. The first-order valence-electron chi connectivity index (χ1n) is 5.77. The van der Waals surface area contributed by atoms with E-state index in [1.54, 1.807) is 25.1 Å². The molecule has 3 N–H and O–H groups in total. The molecule has 21 heavy (non-hydrogen) atoms. The predicted molar refractivity (Wildman–Crippen MR) is 82.4 cm³/mol. The standard InChI is InChI=1S/C12H12ClN3O3S2/c1-6-8(4-3-5-9(6)13)10(17)16-12-15-7(2)11(20-12)21(14,18)19/h3-5H,1-2H3,(H2,14,18,19)(H,15,16,17). The molecule has 0 saturated heterocycles. The Labute approximate surface area is 131 Å². The Balaban J connectivity index is 2.31. The maximum atomic E-state index is 12.2. The molecule has 2 rings (SSSR count). The zero-order chi connectivity index (χ0) is 15.8. The fraction of sp³-hybridized carbons (Fsp3) is 0.167. The van der Waals surface area contributed by atoms with Crippen molar-refractivity contribution in [3.8, 4) is 0 Å². The van der Waals surface area contributed by atoms with Crippen molar-refractivity contribution < 1.29 is 13.2 Å². The van der Waals surface area contributed by atoms with Crippen LogP contribution in [0.5, 0.6) is 0 Å². The van der Waals surface area contributed by atoms with Crippen LogP contribution in [0.4, 0.5) is 5.13 Å². The lowest BCUT2D eigenvalue weighted by Crippen LogP contribution is -2.13. The van der Waals surface area contributed by atoms with E-state index in [-0.39, 0.29) is 15.0 Å². The number of amides is 1. The van der Waals surface area contributed by atoms with E-state index >= 15 is 0 Å². The number of nitrogens with zero attached hydrogens (tertiary/aromatic N) is 1. The van der Waals surface area contributed by atoms with E-state index in [4.69, 9.17) is 16.7 Å². The number of carbonyl (C=O) groups is 1. The molecule has 0 fully saturated rings. The fourth-order valence-electron chi connectivity index (χ4n) is 1.72. The average molecular weight is 346 g/mol. The van der Waals surface area contributed by atoms with Crippen LogP contribution in [0.25, 0.3) is 0 Å². The number of thiazole rings is 1. The van der Waals surface area contributed by atoms with E-state index in [1.165, 1.54) is 6.92 Å². The lowest BCUT2D eigenvalue weighted by atomic mass is 10.1. The first kappa shape index (κ1) is 15.9. The van der Waals surface area contributed by atoms with E-state index in [0.717, 1.165) is 11.3 Å². The molecule has 0 aliphatic heterocycles. The SMILES string of the molecule is Cc1nc(NC(=O)c2cccc(Cl)c2C)sc1S(N)(=O)=O. The maximum Gasteiger partial charge on any atom is 0.257 e. The van der Waals surface area contributed by atoms with Crippen LogP contribution in [0.2, 0.25) is 5.02 Å². The van der Waals surface area contributed by atoms with Crippen molar-refractivity contribution >= 4 is 44.0 Å².